The van der Waals surface area contributed by atoms with Gasteiger partial charge in [-0.1, -0.05) is 0 Å². The van der Waals surface area contributed by atoms with Gasteiger partial charge in [0.2, 0.25) is 0 Å². The van der Waals surface area contributed by atoms with Crippen LogP contribution in [0.25, 0.3) is 11.2 Å². The first-order valence-corrected chi connectivity index (χ1v) is 15.5. The Balaban J connectivity index is 1.38. The molecule has 226 valence electrons. The third kappa shape index (κ3) is 6.52. The van der Waals surface area contributed by atoms with Crippen molar-refractivity contribution in [1.82, 2.24) is 14.5 Å². The molecule has 4 heterocycles. The number of halogens is 1. The number of nitrogen functional groups attached to an aromatic ring is 1. The van der Waals surface area contributed by atoms with Gasteiger partial charge < -0.3 is 60.2 Å². The quantitative estimate of drug-likeness (QED) is 0.119. The molecule has 22 heteroatoms. The van der Waals surface area contributed by atoms with E-state index in [1.54, 1.807) is 0 Å². The van der Waals surface area contributed by atoms with E-state index < -0.39 is 89.2 Å². The number of nitrogens with zero attached hydrogens (tertiary/aromatic N) is 3. The van der Waals surface area contributed by atoms with Gasteiger partial charge in [0.1, 0.15) is 48.2 Å². The molecule has 2 saturated heterocycles. The number of aliphatic hydroxyl groups excluding tert-OH is 6. The minimum absolute atomic E-state index is 0.233. The Labute approximate surface area is 229 Å². The summed E-state index contributed by atoms with van der Waals surface area (Å²) in [6.07, 6.45) is -15.9. The maximum Gasteiger partial charge on any atom is 0.481 e. The van der Waals surface area contributed by atoms with Gasteiger partial charge in [-0.3, -0.25) is 9.09 Å². The number of anilines is 1. The number of aromatic nitrogens is 3. The molecule has 4 rings (SSSR count). The summed E-state index contributed by atoms with van der Waals surface area (Å²) in [5.41, 5.74) is 6.69. The molecule has 0 bridgehead atoms. The number of rotatable bonds is 10. The fourth-order valence-electron chi connectivity index (χ4n) is 4.07. The Morgan fingerprint density at radius 1 is 1.10 bits per heavy atom. The second kappa shape index (κ2) is 12.1. The average molecular weight is 636 g/mol. The Morgan fingerprint density at radius 2 is 1.80 bits per heavy atom. The highest BCUT2D eigenvalue weighted by molar-refractivity contribution is 8.08. The van der Waals surface area contributed by atoms with Gasteiger partial charge in [-0.2, -0.15) is 0 Å². The predicted octanol–water partition coefficient (Wildman–Crippen LogP) is -2.86. The molecule has 0 amide bonds. The zero-order valence-electron chi connectivity index (χ0n) is 20.0. The first-order valence-electron chi connectivity index (χ1n) is 11.4. The molecule has 5 unspecified atom stereocenters. The zero-order chi connectivity index (χ0) is 29.6. The zero-order valence-corrected chi connectivity index (χ0v) is 22.7. The lowest BCUT2D eigenvalue weighted by Crippen LogP contribution is -2.60. The third-order valence-corrected chi connectivity index (χ3v) is 9.60. The molecule has 0 aliphatic carbocycles. The molecule has 0 saturated carbocycles. The number of pyridine rings is 1. The molecule has 2 aromatic heterocycles. The van der Waals surface area contributed by atoms with E-state index in [-0.39, 0.29) is 5.65 Å². The van der Waals surface area contributed by atoms with Crippen molar-refractivity contribution in [3.8, 4) is 0 Å². The van der Waals surface area contributed by atoms with Crippen molar-refractivity contribution in [3.05, 3.63) is 18.6 Å². The van der Waals surface area contributed by atoms with E-state index in [0.717, 1.165) is 0 Å². The normalized spacial score (nSPS) is 36.8. The number of alkyl halides is 1. The van der Waals surface area contributed by atoms with Gasteiger partial charge in [0.25, 0.3) is 0 Å². The minimum atomic E-state index is -5.48. The number of imidazole rings is 1. The summed E-state index contributed by atoms with van der Waals surface area (Å²) in [6.45, 7) is -6.61. The van der Waals surface area contributed by atoms with Crippen LogP contribution in [0, 0.1) is 0 Å². The lowest BCUT2D eigenvalue weighted by Gasteiger charge is -2.41. The number of hydrogen-bond acceptors (Lipinski definition) is 16. The van der Waals surface area contributed by atoms with E-state index >= 15 is 0 Å². The maximum absolute atomic E-state index is 13.9. The van der Waals surface area contributed by atoms with Crippen LogP contribution in [-0.2, 0) is 39.2 Å². The van der Waals surface area contributed by atoms with E-state index in [1.807, 2.05) is 0 Å². The largest absolute Gasteiger partial charge is 0.481 e. The van der Waals surface area contributed by atoms with Gasteiger partial charge in [0, 0.05) is 6.20 Å². The molecule has 0 spiro atoms. The van der Waals surface area contributed by atoms with Crippen LogP contribution < -0.4 is 5.73 Å². The summed E-state index contributed by atoms with van der Waals surface area (Å²) in [5.74, 6) is 0. The van der Waals surface area contributed by atoms with Crippen LogP contribution in [0.3, 0.4) is 0 Å². The highest BCUT2D eigenvalue weighted by atomic mass is 32.5. The van der Waals surface area contributed by atoms with Crippen molar-refractivity contribution in [2.45, 2.75) is 61.4 Å². The molecule has 18 nitrogen and oxygen atoms in total. The highest BCUT2D eigenvalue weighted by Crippen LogP contribution is 2.61. The fraction of sp³-hybridized carbons (Fsp3) is 0.667. The number of phosphoric ester groups is 1. The van der Waals surface area contributed by atoms with E-state index in [1.165, 1.54) is 23.2 Å². The van der Waals surface area contributed by atoms with Crippen LogP contribution >= 0.6 is 14.5 Å². The van der Waals surface area contributed by atoms with Gasteiger partial charge in [-0.05, 0) is 17.9 Å². The number of nitrogens with two attached hydrogens (primary N) is 1. The lowest BCUT2D eigenvalue weighted by atomic mass is 9.96. The first-order chi connectivity index (χ1) is 18.7. The highest BCUT2D eigenvalue weighted by Gasteiger charge is 2.51. The third-order valence-electron chi connectivity index (χ3n) is 6.09. The molecule has 2 aromatic rings. The summed E-state index contributed by atoms with van der Waals surface area (Å²) in [6, 6.07) is 1.51. The molecule has 0 radical (unpaired) electrons. The van der Waals surface area contributed by atoms with Crippen molar-refractivity contribution < 1.29 is 72.2 Å². The Hall–Kier alpha value is -1.29. The summed E-state index contributed by atoms with van der Waals surface area (Å²) in [4.78, 5) is 28.5. The molecule has 10 N–H and O–H groups in total. The van der Waals surface area contributed by atoms with Crippen LogP contribution in [0.15, 0.2) is 18.6 Å². The van der Waals surface area contributed by atoms with Crippen LogP contribution in [0.4, 0.5) is 10.1 Å². The van der Waals surface area contributed by atoms with Crippen LogP contribution in [0.5, 0.6) is 0 Å². The molecule has 2 aliphatic rings. The molecule has 12 atom stereocenters. The predicted molar refractivity (Wildman–Crippen MR) is 131 cm³/mol. The second-order valence-electron chi connectivity index (χ2n) is 8.83. The van der Waals surface area contributed by atoms with E-state index in [0.29, 0.717) is 11.2 Å². The number of phosphoric acid groups is 1. The van der Waals surface area contributed by atoms with Gasteiger partial charge in [-0.25, -0.2) is 23.2 Å². The molecule has 40 heavy (non-hydrogen) atoms. The topological polar surface area (TPSA) is 282 Å². The van der Waals surface area contributed by atoms with Crippen molar-refractivity contribution in [1.29, 1.82) is 0 Å². The number of hydrogen-bond donors (Lipinski definition) is 9. The molecular formula is C18H27FN4O14P2S. The molecule has 2 aliphatic heterocycles. The Morgan fingerprint density at radius 3 is 2.48 bits per heavy atom. The van der Waals surface area contributed by atoms with Crippen molar-refractivity contribution in [2.24, 2.45) is 0 Å². The lowest BCUT2D eigenvalue weighted by molar-refractivity contribution is -0.287. The molecular weight excluding hydrogens is 609 g/mol. The summed E-state index contributed by atoms with van der Waals surface area (Å²) in [7, 11) is -5.48. The van der Waals surface area contributed by atoms with Gasteiger partial charge in [0.05, 0.1) is 25.2 Å². The van der Waals surface area contributed by atoms with Gasteiger partial charge in [0.15, 0.2) is 24.3 Å². The van der Waals surface area contributed by atoms with Crippen molar-refractivity contribution in [3.63, 3.8) is 0 Å². The van der Waals surface area contributed by atoms with Gasteiger partial charge >= 0.3 is 14.5 Å². The van der Waals surface area contributed by atoms with Crippen LogP contribution in [0.2, 0.25) is 0 Å². The second-order valence-corrected chi connectivity index (χ2v) is 13.2. The van der Waals surface area contributed by atoms with Crippen molar-refractivity contribution in [2.75, 3.05) is 18.9 Å². The minimum Gasteiger partial charge on any atom is -0.397 e. The SMILES string of the molecule is Nc1ccnc2c1ncn2[C@@H]1O[C@H](COP(O)(=S)OP(=O)(O)O[C@@H]2OC([C@@H](F)CO)[C@@H](O)[C@H](O)C2O)[C@H](O)C1O. The number of ether oxygens (including phenoxy) is 2. The van der Waals surface area contributed by atoms with Gasteiger partial charge in [-0.15, -0.1) is 0 Å². The first kappa shape index (κ1) is 31.6. The summed E-state index contributed by atoms with van der Waals surface area (Å²) < 4.78 is 52.1. The van der Waals surface area contributed by atoms with Crippen LogP contribution in [-0.4, -0.2) is 123 Å². The summed E-state index contributed by atoms with van der Waals surface area (Å²) >= 11 is 4.69. The van der Waals surface area contributed by atoms with Crippen molar-refractivity contribution >= 4 is 43.2 Å². The van der Waals surface area contributed by atoms with Crippen LogP contribution in [0.1, 0.15) is 6.23 Å². The van der Waals surface area contributed by atoms with E-state index in [2.05, 4.69) is 30.6 Å². The average Bonchev–Trinajstić information content (AvgIpc) is 3.43. The monoisotopic (exact) mass is 636 g/mol. The Kier molecular flexibility index (Phi) is 9.60. The number of aliphatic hydroxyl groups is 6. The fourth-order valence-corrected chi connectivity index (χ4v) is 7.17. The maximum atomic E-state index is 13.9. The Bertz CT molecular complexity index is 1290. The smallest absolute Gasteiger partial charge is 0.397 e. The number of fused-ring (bicyclic) bond motifs is 1. The molecule has 0 aromatic carbocycles. The standard InChI is InChI=1S/C18H27FN4O14P2S/c19-6(3-24)15-12(27)11(26)14(29)18(35-15)36-38(30,31)37-39(32,40)33-4-8-10(25)13(28)17(34-8)23-5-22-9-7(20)1-2-21-16(9)23/h1-2,5-6,8,10-15,17-18,24-29H,3-4H2,(H2,20,21)(H,30,31)(H,32,40)/t6-,8+,10-,11-,12-,13?,14?,15?,17+,18-,39?/m0/s1. The van der Waals surface area contributed by atoms with E-state index in [4.69, 9.17) is 24.8 Å². The van der Waals surface area contributed by atoms with E-state index in [9.17, 15) is 44.3 Å². The molecule has 2 fully saturated rings. The summed E-state index contributed by atoms with van der Waals surface area (Å²) in [5, 5.41) is 59.6.